The van der Waals surface area contributed by atoms with E-state index in [0.29, 0.717) is 6.04 Å². The van der Waals surface area contributed by atoms with E-state index in [4.69, 9.17) is 0 Å². The maximum Gasteiger partial charge on any atom is 0.141 e. The zero-order valence-corrected chi connectivity index (χ0v) is 9.55. The van der Waals surface area contributed by atoms with E-state index in [9.17, 15) is 0 Å². The number of aromatic nitrogens is 2. The maximum atomic E-state index is 4.15. The van der Waals surface area contributed by atoms with Gasteiger partial charge in [0.05, 0.1) is 6.54 Å². The second-order valence-electron chi connectivity index (χ2n) is 3.11. The molecule has 1 aromatic rings. The lowest BCUT2D eigenvalue weighted by Gasteiger charge is -2.11. The van der Waals surface area contributed by atoms with Crippen molar-refractivity contribution in [2.45, 2.75) is 26.4 Å². The molecular formula is C10H17N3S. The van der Waals surface area contributed by atoms with Crippen LogP contribution in [0.5, 0.6) is 0 Å². The maximum absolute atomic E-state index is 4.15. The molecule has 0 aliphatic carbocycles. The van der Waals surface area contributed by atoms with Crippen molar-refractivity contribution in [3.8, 4) is 0 Å². The first-order chi connectivity index (χ1) is 6.83. The van der Waals surface area contributed by atoms with Crippen molar-refractivity contribution >= 4 is 11.8 Å². The fourth-order valence-electron chi connectivity index (χ4n) is 1.04. The monoisotopic (exact) mass is 211 g/mol. The summed E-state index contributed by atoms with van der Waals surface area (Å²) in [7, 11) is 0. The first-order valence-corrected chi connectivity index (χ1v) is 6.05. The summed E-state index contributed by atoms with van der Waals surface area (Å²) in [6.45, 7) is 5.12. The predicted molar refractivity (Wildman–Crippen MR) is 61.3 cm³/mol. The first kappa shape index (κ1) is 11.5. The highest BCUT2D eigenvalue weighted by Crippen LogP contribution is 2.01. The van der Waals surface area contributed by atoms with E-state index in [-0.39, 0.29) is 0 Å². The van der Waals surface area contributed by atoms with Gasteiger partial charge in [-0.3, -0.25) is 0 Å². The van der Waals surface area contributed by atoms with Gasteiger partial charge in [0.2, 0.25) is 0 Å². The van der Waals surface area contributed by atoms with Crippen LogP contribution in [-0.2, 0) is 6.54 Å². The zero-order chi connectivity index (χ0) is 10.2. The summed E-state index contributed by atoms with van der Waals surface area (Å²) in [5.74, 6) is 3.18. The number of hydrogen-bond donors (Lipinski definition) is 1. The molecule has 1 atom stereocenters. The van der Waals surface area contributed by atoms with Crippen LogP contribution in [0.1, 0.15) is 19.7 Å². The van der Waals surface area contributed by atoms with E-state index in [1.54, 1.807) is 12.4 Å². The van der Waals surface area contributed by atoms with E-state index < -0.39 is 0 Å². The molecule has 0 saturated carbocycles. The topological polar surface area (TPSA) is 37.8 Å². The molecule has 0 aromatic carbocycles. The van der Waals surface area contributed by atoms with Crippen LogP contribution in [0.4, 0.5) is 0 Å². The SMILES string of the molecule is CCSCC(C)NCc1ncccn1. The van der Waals surface area contributed by atoms with E-state index >= 15 is 0 Å². The van der Waals surface area contributed by atoms with Gasteiger partial charge in [0.25, 0.3) is 0 Å². The molecule has 78 valence electrons. The van der Waals surface area contributed by atoms with Crippen LogP contribution in [0.2, 0.25) is 0 Å². The summed E-state index contributed by atoms with van der Waals surface area (Å²) in [4.78, 5) is 8.30. The van der Waals surface area contributed by atoms with Gasteiger partial charge in [-0.05, 0) is 18.7 Å². The third-order valence-electron chi connectivity index (χ3n) is 1.80. The molecular weight excluding hydrogens is 194 g/mol. The average Bonchev–Trinajstić information content (AvgIpc) is 2.25. The van der Waals surface area contributed by atoms with Crippen LogP contribution in [0.15, 0.2) is 18.5 Å². The van der Waals surface area contributed by atoms with E-state index in [1.165, 1.54) is 5.75 Å². The Labute approximate surface area is 89.7 Å². The molecule has 0 aliphatic rings. The fraction of sp³-hybridized carbons (Fsp3) is 0.600. The Bertz CT molecular complexity index is 240. The lowest BCUT2D eigenvalue weighted by Crippen LogP contribution is -2.28. The standard InChI is InChI=1S/C10H17N3S/c1-3-14-8-9(2)13-7-10-11-5-4-6-12-10/h4-6,9,13H,3,7-8H2,1-2H3. The lowest BCUT2D eigenvalue weighted by molar-refractivity contribution is 0.578. The molecule has 0 saturated heterocycles. The average molecular weight is 211 g/mol. The molecule has 3 nitrogen and oxygen atoms in total. The van der Waals surface area contributed by atoms with Crippen molar-refractivity contribution in [1.82, 2.24) is 15.3 Å². The van der Waals surface area contributed by atoms with Crippen molar-refractivity contribution in [3.63, 3.8) is 0 Å². The number of nitrogens with zero attached hydrogens (tertiary/aromatic N) is 2. The van der Waals surface area contributed by atoms with E-state index in [0.717, 1.165) is 18.1 Å². The number of nitrogens with one attached hydrogen (secondary N) is 1. The molecule has 1 rings (SSSR count). The zero-order valence-electron chi connectivity index (χ0n) is 8.73. The Morgan fingerprint density at radius 2 is 2.14 bits per heavy atom. The summed E-state index contributed by atoms with van der Waals surface area (Å²) in [6, 6.07) is 2.35. The molecule has 0 amide bonds. The molecule has 4 heteroatoms. The van der Waals surface area contributed by atoms with Gasteiger partial charge in [0, 0.05) is 24.2 Å². The minimum Gasteiger partial charge on any atom is -0.306 e. The van der Waals surface area contributed by atoms with Crippen LogP contribution in [0.3, 0.4) is 0 Å². The predicted octanol–water partition coefficient (Wildman–Crippen LogP) is 1.71. The molecule has 0 fully saturated rings. The van der Waals surface area contributed by atoms with Crippen LogP contribution in [0, 0.1) is 0 Å². The second-order valence-corrected chi connectivity index (χ2v) is 4.43. The van der Waals surface area contributed by atoms with Crippen molar-refractivity contribution in [1.29, 1.82) is 0 Å². The Balaban J connectivity index is 2.20. The molecule has 0 bridgehead atoms. The first-order valence-electron chi connectivity index (χ1n) is 4.90. The Kier molecular flexibility index (Phi) is 5.56. The lowest BCUT2D eigenvalue weighted by atomic mass is 10.4. The molecule has 1 heterocycles. The van der Waals surface area contributed by atoms with Gasteiger partial charge in [0.1, 0.15) is 5.82 Å². The Hall–Kier alpha value is -0.610. The van der Waals surface area contributed by atoms with Crippen molar-refractivity contribution < 1.29 is 0 Å². The summed E-state index contributed by atoms with van der Waals surface area (Å²) in [5.41, 5.74) is 0. The van der Waals surface area contributed by atoms with Gasteiger partial charge in [-0.1, -0.05) is 6.92 Å². The van der Waals surface area contributed by atoms with Gasteiger partial charge in [0.15, 0.2) is 0 Å². The van der Waals surface area contributed by atoms with Crippen LogP contribution >= 0.6 is 11.8 Å². The highest BCUT2D eigenvalue weighted by molar-refractivity contribution is 7.99. The number of hydrogen-bond acceptors (Lipinski definition) is 4. The largest absolute Gasteiger partial charge is 0.306 e. The number of thioether (sulfide) groups is 1. The molecule has 0 aliphatic heterocycles. The number of rotatable bonds is 6. The van der Waals surface area contributed by atoms with Gasteiger partial charge < -0.3 is 5.32 Å². The Morgan fingerprint density at radius 3 is 2.79 bits per heavy atom. The highest BCUT2D eigenvalue weighted by atomic mass is 32.2. The van der Waals surface area contributed by atoms with Crippen molar-refractivity contribution in [2.75, 3.05) is 11.5 Å². The van der Waals surface area contributed by atoms with Crippen molar-refractivity contribution in [3.05, 3.63) is 24.3 Å². The van der Waals surface area contributed by atoms with Crippen LogP contribution < -0.4 is 5.32 Å². The summed E-state index contributed by atoms with van der Waals surface area (Å²) in [6.07, 6.45) is 3.55. The van der Waals surface area contributed by atoms with Gasteiger partial charge >= 0.3 is 0 Å². The van der Waals surface area contributed by atoms with Crippen molar-refractivity contribution in [2.24, 2.45) is 0 Å². The molecule has 1 aromatic heterocycles. The van der Waals surface area contributed by atoms with Gasteiger partial charge in [-0.15, -0.1) is 0 Å². The minimum absolute atomic E-state index is 0.517. The molecule has 0 spiro atoms. The molecule has 0 radical (unpaired) electrons. The van der Waals surface area contributed by atoms with Gasteiger partial charge in [-0.2, -0.15) is 11.8 Å². The third kappa shape index (κ3) is 4.58. The fourth-order valence-corrected chi connectivity index (χ4v) is 1.75. The van der Waals surface area contributed by atoms with E-state index in [2.05, 4.69) is 29.1 Å². The Morgan fingerprint density at radius 1 is 1.43 bits per heavy atom. The van der Waals surface area contributed by atoms with E-state index in [1.807, 2.05) is 17.8 Å². The third-order valence-corrected chi connectivity index (χ3v) is 2.94. The molecule has 14 heavy (non-hydrogen) atoms. The minimum atomic E-state index is 0.517. The quantitative estimate of drug-likeness (QED) is 0.777. The highest BCUT2D eigenvalue weighted by Gasteiger charge is 2.01. The summed E-state index contributed by atoms with van der Waals surface area (Å²) in [5, 5.41) is 3.39. The summed E-state index contributed by atoms with van der Waals surface area (Å²) < 4.78 is 0. The molecule has 1 N–H and O–H groups in total. The smallest absolute Gasteiger partial charge is 0.141 e. The molecule has 1 unspecified atom stereocenters. The normalized spacial score (nSPS) is 12.7. The second kappa shape index (κ2) is 6.79. The van der Waals surface area contributed by atoms with Gasteiger partial charge in [-0.25, -0.2) is 9.97 Å². The van der Waals surface area contributed by atoms with Crippen LogP contribution in [0.25, 0.3) is 0 Å². The summed E-state index contributed by atoms with van der Waals surface area (Å²) >= 11 is 1.95. The van der Waals surface area contributed by atoms with Crippen LogP contribution in [-0.4, -0.2) is 27.5 Å².